The van der Waals surface area contributed by atoms with Crippen LogP contribution in [0.1, 0.15) is 27.0 Å². The molecule has 0 bridgehead atoms. The third kappa shape index (κ3) is 3.61. The van der Waals surface area contributed by atoms with Gasteiger partial charge in [-0.2, -0.15) is 0 Å². The Kier molecular flexibility index (Phi) is 4.79. The van der Waals surface area contributed by atoms with Crippen molar-refractivity contribution in [2.75, 3.05) is 0 Å². The van der Waals surface area contributed by atoms with Crippen LogP contribution in [-0.4, -0.2) is 11.0 Å². The average Bonchev–Trinajstić information content (AvgIpc) is 2.45. The highest BCUT2D eigenvalue weighted by Gasteiger charge is 2.10. The average molecular weight is 334 g/mol. The summed E-state index contributed by atoms with van der Waals surface area (Å²) in [6.07, 6.45) is 0. The zero-order valence-electron chi connectivity index (χ0n) is 11.2. The van der Waals surface area contributed by atoms with Crippen LogP contribution in [0.3, 0.4) is 0 Å². The third-order valence-corrected chi connectivity index (χ3v) is 3.64. The number of carbonyl (C=O) groups excluding carboxylic acids is 1. The van der Waals surface area contributed by atoms with Gasteiger partial charge in [-0.3, -0.25) is 4.79 Å². The molecular weight excluding hydrogens is 318 g/mol. The first-order chi connectivity index (χ1) is 9.60. The van der Waals surface area contributed by atoms with Crippen molar-refractivity contribution in [1.82, 2.24) is 5.32 Å². The highest BCUT2D eigenvalue weighted by molar-refractivity contribution is 9.08. The van der Waals surface area contributed by atoms with Gasteiger partial charge in [0.2, 0.25) is 0 Å². The second kappa shape index (κ2) is 6.57. The molecule has 4 heteroatoms. The molecule has 0 saturated heterocycles. The van der Waals surface area contributed by atoms with E-state index in [1.54, 1.807) is 18.2 Å². The molecule has 2 rings (SSSR count). The molecule has 0 aromatic heterocycles. The molecule has 1 amide bonds. The van der Waals surface area contributed by atoms with E-state index in [2.05, 4.69) is 21.2 Å². The van der Waals surface area contributed by atoms with Crippen LogP contribution in [0, 0.1) is 6.92 Å². The van der Waals surface area contributed by atoms with Gasteiger partial charge in [0.05, 0.1) is 5.56 Å². The van der Waals surface area contributed by atoms with Crippen LogP contribution in [0.25, 0.3) is 0 Å². The van der Waals surface area contributed by atoms with Gasteiger partial charge >= 0.3 is 0 Å². The van der Waals surface area contributed by atoms with E-state index in [0.717, 1.165) is 22.0 Å². The quantitative estimate of drug-likeness (QED) is 0.841. The topological polar surface area (TPSA) is 49.3 Å². The van der Waals surface area contributed by atoms with Crippen molar-refractivity contribution < 1.29 is 9.90 Å². The molecule has 20 heavy (non-hydrogen) atoms. The van der Waals surface area contributed by atoms with E-state index >= 15 is 0 Å². The van der Waals surface area contributed by atoms with Crippen LogP contribution in [-0.2, 0) is 11.9 Å². The molecule has 0 atom stereocenters. The molecule has 2 aromatic carbocycles. The van der Waals surface area contributed by atoms with Crippen molar-refractivity contribution >= 4 is 21.8 Å². The zero-order chi connectivity index (χ0) is 14.5. The van der Waals surface area contributed by atoms with E-state index in [4.69, 9.17) is 0 Å². The molecule has 0 unspecified atom stereocenters. The summed E-state index contributed by atoms with van der Waals surface area (Å²) in [7, 11) is 0. The first-order valence-corrected chi connectivity index (χ1v) is 7.44. The Hall–Kier alpha value is -1.81. The van der Waals surface area contributed by atoms with Gasteiger partial charge in [0, 0.05) is 11.9 Å². The Labute approximate surface area is 126 Å². The molecule has 0 fully saturated rings. The molecular formula is C16H16BrNO2. The van der Waals surface area contributed by atoms with Crippen molar-refractivity contribution in [3.63, 3.8) is 0 Å². The number of phenols is 1. The molecule has 0 aliphatic heterocycles. The molecule has 2 N–H and O–H groups in total. The van der Waals surface area contributed by atoms with E-state index < -0.39 is 0 Å². The number of rotatable bonds is 4. The molecule has 2 aromatic rings. The zero-order valence-corrected chi connectivity index (χ0v) is 12.8. The molecule has 0 saturated carbocycles. The molecule has 104 valence electrons. The summed E-state index contributed by atoms with van der Waals surface area (Å²) in [5.74, 6) is -0.261. The Morgan fingerprint density at radius 2 is 1.95 bits per heavy atom. The lowest BCUT2D eigenvalue weighted by molar-refractivity contribution is 0.0948. The third-order valence-electron chi connectivity index (χ3n) is 3.00. The van der Waals surface area contributed by atoms with Gasteiger partial charge in [-0.1, -0.05) is 46.3 Å². The molecule has 0 aliphatic carbocycles. The standard InChI is InChI=1S/C16H16BrNO2/c1-11-5-6-14(15(19)7-11)16(20)18-10-13-4-2-3-12(8-13)9-17/h2-8,19H,9-10H2,1H3,(H,18,20). The van der Waals surface area contributed by atoms with Gasteiger partial charge in [0.15, 0.2) is 0 Å². The van der Waals surface area contributed by atoms with Crippen LogP contribution in [0.5, 0.6) is 5.75 Å². The maximum atomic E-state index is 12.0. The second-order valence-electron chi connectivity index (χ2n) is 4.66. The minimum Gasteiger partial charge on any atom is -0.507 e. The van der Waals surface area contributed by atoms with Crippen molar-refractivity contribution in [3.05, 3.63) is 64.7 Å². The van der Waals surface area contributed by atoms with Crippen molar-refractivity contribution in [3.8, 4) is 5.75 Å². The molecule has 0 spiro atoms. The van der Waals surface area contributed by atoms with Crippen LogP contribution < -0.4 is 5.32 Å². The van der Waals surface area contributed by atoms with Crippen LogP contribution in [0.15, 0.2) is 42.5 Å². The summed E-state index contributed by atoms with van der Waals surface area (Å²) in [4.78, 5) is 12.0. The summed E-state index contributed by atoms with van der Waals surface area (Å²) < 4.78 is 0. The molecule has 3 nitrogen and oxygen atoms in total. The summed E-state index contributed by atoms with van der Waals surface area (Å²) in [6, 6.07) is 13.0. The number of nitrogens with one attached hydrogen (secondary N) is 1. The summed E-state index contributed by atoms with van der Waals surface area (Å²) >= 11 is 3.40. The minimum atomic E-state index is -0.272. The van der Waals surface area contributed by atoms with Crippen LogP contribution in [0.2, 0.25) is 0 Å². The first kappa shape index (κ1) is 14.6. The summed E-state index contributed by atoms with van der Waals surface area (Å²) in [5, 5.41) is 13.4. The molecule has 0 radical (unpaired) electrons. The van der Waals surface area contributed by atoms with Crippen molar-refractivity contribution in [2.45, 2.75) is 18.8 Å². The van der Waals surface area contributed by atoms with E-state index in [-0.39, 0.29) is 11.7 Å². The first-order valence-electron chi connectivity index (χ1n) is 6.32. The Morgan fingerprint density at radius 3 is 2.65 bits per heavy atom. The predicted octanol–water partition coefficient (Wildman–Crippen LogP) is 3.53. The highest BCUT2D eigenvalue weighted by atomic mass is 79.9. The van der Waals surface area contributed by atoms with Gasteiger partial charge in [0.25, 0.3) is 5.91 Å². The van der Waals surface area contributed by atoms with Gasteiger partial charge in [-0.25, -0.2) is 0 Å². The number of aryl methyl sites for hydroxylation is 1. The van der Waals surface area contributed by atoms with Gasteiger partial charge in [0.1, 0.15) is 5.75 Å². The van der Waals surface area contributed by atoms with E-state index in [1.165, 1.54) is 0 Å². The lowest BCUT2D eigenvalue weighted by atomic mass is 10.1. The lowest BCUT2D eigenvalue weighted by Gasteiger charge is -2.08. The fraction of sp³-hybridized carbons (Fsp3) is 0.188. The fourth-order valence-electron chi connectivity index (χ4n) is 1.93. The number of aromatic hydroxyl groups is 1. The predicted molar refractivity (Wildman–Crippen MR) is 83.1 cm³/mol. The molecule has 0 aliphatic rings. The number of alkyl halides is 1. The highest BCUT2D eigenvalue weighted by Crippen LogP contribution is 2.18. The van der Waals surface area contributed by atoms with E-state index in [9.17, 15) is 9.90 Å². The van der Waals surface area contributed by atoms with Crippen molar-refractivity contribution in [1.29, 1.82) is 0 Å². The monoisotopic (exact) mass is 333 g/mol. The van der Waals surface area contributed by atoms with E-state index in [1.807, 2.05) is 31.2 Å². The number of benzene rings is 2. The SMILES string of the molecule is Cc1ccc(C(=O)NCc2cccc(CBr)c2)c(O)c1. The minimum absolute atomic E-state index is 0.0108. The fourth-order valence-corrected chi connectivity index (χ4v) is 2.28. The Bertz CT molecular complexity index is 626. The number of hydrogen-bond donors (Lipinski definition) is 2. The van der Waals surface area contributed by atoms with E-state index in [0.29, 0.717) is 12.1 Å². The molecule has 0 heterocycles. The van der Waals surface area contributed by atoms with Crippen molar-refractivity contribution in [2.24, 2.45) is 0 Å². The lowest BCUT2D eigenvalue weighted by Crippen LogP contribution is -2.22. The van der Waals surface area contributed by atoms with Gasteiger partial charge in [-0.05, 0) is 35.7 Å². The smallest absolute Gasteiger partial charge is 0.255 e. The summed E-state index contributed by atoms with van der Waals surface area (Å²) in [6.45, 7) is 2.31. The normalized spacial score (nSPS) is 10.3. The number of phenolic OH excluding ortho intramolecular Hbond substituents is 1. The number of amides is 1. The van der Waals surface area contributed by atoms with Gasteiger partial charge in [-0.15, -0.1) is 0 Å². The van der Waals surface area contributed by atoms with Crippen LogP contribution >= 0.6 is 15.9 Å². The number of hydrogen-bond acceptors (Lipinski definition) is 2. The summed E-state index contributed by atoms with van der Waals surface area (Å²) in [5.41, 5.74) is 3.41. The maximum Gasteiger partial charge on any atom is 0.255 e. The van der Waals surface area contributed by atoms with Crippen LogP contribution in [0.4, 0.5) is 0 Å². The Morgan fingerprint density at radius 1 is 1.20 bits per heavy atom. The van der Waals surface area contributed by atoms with Gasteiger partial charge < -0.3 is 10.4 Å². The second-order valence-corrected chi connectivity index (χ2v) is 5.22. The maximum absolute atomic E-state index is 12.0. The number of carbonyl (C=O) groups is 1. The largest absolute Gasteiger partial charge is 0.507 e. The Balaban J connectivity index is 2.04. The number of halogens is 1.